The summed E-state index contributed by atoms with van der Waals surface area (Å²) in [5, 5.41) is 3.03. The molecule has 1 aromatic carbocycles. The number of carbonyl (C=O) groups excluding carboxylic acids is 1. The third-order valence-electron chi connectivity index (χ3n) is 6.09. The Bertz CT molecular complexity index is 826. The maximum atomic E-state index is 12.5. The van der Waals surface area contributed by atoms with E-state index in [9.17, 15) is 13.2 Å². The van der Waals surface area contributed by atoms with Crippen LogP contribution in [0.1, 0.15) is 36.8 Å². The number of fused-ring (bicyclic) bond motifs is 3. The molecular formula is C19H27N3O4S. The lowest BCUT2D eigenvalue weighted by atomic mass is 9.87. The van der Waals surface area contributed by atoms with Gasteiger partial charge in [0.2, 0.25) is 10.0 Å². The molecule has 2 bridgehead atoms. The molecule has 8 heteroatoms. The van der Waals surface area contributed by atoms with Crippen molar-refractivity contribution in [2.45, 2.75) is 55.8 Å². The molecule has 7 nitrogen and oxygen atoms in total. The van der Waals surface area contributed by atoms with E-state index in [0.717, 1.165) is 30.4 Å². The van der Waals surface area contributed by atoms with Crippen molar-refractivity contribution >= 4 is 16.1 Å². The van der Waals surface area contributed by atoms with Crippen molar-refractivity contribution in [2.75, 3.05) is 20.1 Å². The van der Waals surface area contributed by atoms with Crippen molar-refractivity contribution in [3.05, 3.63) is 29.3 Å². The van der Waals surface area contributed by atoms with E-state index in [2.05, 4.69) is 10.0 Å². The highest BCUT2D eigenvalue weighted by Gasteiger charge is 2.40. The zero-order chi connectivity index (χ0) is 19.0. The predicted octanol–water partition coefficient (Wildman–Crippen LogP) is 1.62. The number of carbonyl (C=O) groups is 1. The first kappa shape index (κ1) is 18.7. The Morgan fingerprint density at radius 3 is 2.89 bits per heavy atom. The molecule has 0 radical (unpaired) electrons. The molecule has 3 unspecified atom stereocenters. The summed E-state index contributed by atoms with van der Waals surface area (Å²) < 4.78 is 32.6. The number of hydrogen-bond acceptors (Lipinski definition) is 4. The normalized spacial score (nSPS) is 26.9. The fourth-order valence-corrected chi connectivity index (χ4v) is 5.67. The number of rotatable bonds is 5. The fraction of sp³-hybridized carbons (Fsp3) is 0.632. The molecule has 27 heavy (non-hydrogen) atoms. The Kier molecular flexibility index (Phi) is 5.13. The third-order valence-corrected chi connectivity index (χ3v) is 7.59. The molecule has 0 aliphatic carbocycles. The summed E-state index contributed by atoms with van der Waals surface area (Å²) >= 11 is 0. The van der Waals surface area contributed by atoms with Gasteiger partial charge >= 0.3 is 6.03 Å². The average Bonchev–Trinajstić information content (AvgIpc) is 3.30. The van der Waals surface area contributed by atoms with Crippen LogP contribution in [0, 0.1) is 5.92 Å². The molecule has 2 fully saturated rings. The van der Waals surface area contributed by atoms with E-state index in [-0.39, 0.29) is 6.03 Å². The Labute approximate surface area is 160 Å². The van der Waals surface area contributed by atoms with E-state index in [1.807, 2.05) is 6.07 Å². The number of nitrogens with zero attached hydrogens (tertiary/aromatic N) is 1. The Balaban J connectivity index is 1.34. The Morgan fingerprint density at radius 1 is 1.33 bits per heavy atom. The zero-order valence-electron chi connectivity index (χ0n) is 15.6. The summed E-state index contributed by atoms with van der Waals surface area (Å²) in [6.07, 6.45) is 5.80. The number of amides is 2. The second kappa shape index (κ2) is 7.41. The second-order valence-corrected chi connectivity index (χ2v) is 9.52. The SMILES string of the molecule is CNS(=O)(=O)c1cccc2c1CCN(C(=O)NCCC1CC3CCC1O3)C2. The van der Waals surface area contributed by atoms with Gasteiger partial charge < -0.3 is 15.0 Å². The van der Waals surface area contributed by atoms with E-state index in [1.54, 1.807) is 17.0 Å². The summed E-state index contributed by atoms with van der Waals surface area (Å²) in [7, 11) is -2.07. The van der Waals surface area contributed by atoms with Crippen molar-refractivity contribution in [3.63, 3.8) is 0 Å². The van der Waals surface area contributed by atoms with Crippen molar-refractivity contribution in [3.8, 4) is 0 Å². The standard InChI is InChI=1S/C19H27N3O4S/c1-20-27(24,25)18-4-2-3-14-12-22(10-8-16(14)18)19(23)21-9-7-13-11-15-5-6-17(13)26-15/h2-4,13,15,17,20H,5-12H2,1H3,(H,21,23). The number of nitrogens with one attached hydrogen (secondary N) is 2. The molecule has 4 rings (SSSR count). The zero-order valence-corrected chi connectivity index (χ0v) is 16.4. The minimum Gasteiger partial charge on any atom is -0.375 e. The molecule has 2 N–H and O–H groups in total. The van der Waals surface area contributed by atoms with Crippen LogP contribution < -0.4 is 10.0 Å². The molecule has 3 atom stereocenters. The number of benzene rings is 1. The van der Waals surface area contributed by atoms with Gasteiger partial charge in [-0.05, 0) is 62.3 Å². The molecule has 3 aliphatic rings. The summed E-state index contributed by atoms with van der Waals surface area (Å²) in [6, 6.07) is 5.18. The number of sulfonamides is 1. The monoisotopic (exact) mass is 393 g/mol. The molecule has 148 valence electrons. The van der Waals surface area contributed by atoms with Crippen LogP contribution >= 0.6 is 0 Å². The molecule has 3 aliphatic heterocycles. The Morgan fingerprint density at radius 2 is 2.19 bits per heavy atom. The van der Waals surface area contributed by atoms with Crippen LogP contribution in [0.4, 0.5) is 4.79 Å². The summed E-state index contributed by atoms with van der Waals surface area (Å²) in [5.74, 6) is 0.570. The summed E-state index contributed by atoms with van der Waals surface area (Å²) in [6.45, 7) is 1.62. The van der Waals surface area contributed by atoms with Crippen molar-refractivity contribution in [1.29, 1.82) is 0 Å². The quantitative estimate of drug-likeness (QED) is 0.796. The van der Waals surface area contributed by atoms with Crippen LogP contribution in [0.3, 0.4) is 0 Å². The molecule has 0 aromatic heterocycles. The Hall–Kier alpha value is -1.64. The molecule has 0 saturated carbocycles. The minimum absolute atomic E-state index is 0.0772. The van der Waals surface area contributed by atoms with Crippen LogP contribution in [0.2, 0.25) is 0 Å². The van der Waals surface area contributed by atoms with Gasteiger partial charge in [-0.2, -0.15) is 0 Å². The van der Waals surface area contributed by atoms with Crippen LogP contribution in [0.15, 0.2) is 23.1 Å². The first-order chi connectivity index (χ1) is 13.0. The van der Waals surface area contributed by atoms with Gasteiger partial charge in [0.25, 0.3) is 0 Å². The highest BCUT2D eigenvalue weighted by Crippen LogP contribution is 2.40. The van der Waals surface area contributed by atoms with Gasteiger partial charge in [0.05, 0.1) is 17.1 Å². The molecule has 1 aromatic rings. The maximum absolute atomic E-state index is 12.5. The molecule has 2 amide bonds. The van der Waals surface area contributed by atoms with E-state index < -0.39 is 10.0 Å². The lowest BCUT2D eigenvalue weighted by Gasteiger charge is -2.30. The van der Waals surface area contributed by atoms with Gasteiger partial charge in [-0.15, -0.1) is 0 Å². The van der Waals surface area contributed by atoms with Crippen molar-refractivity contribution in [1.82, 2.24) is 14.9 Å². The summed E-state index contributed by atoms with van der Waals surface area (Å²) in [5.41, 5.74) is 1.71. The van der Waals surface area contributed by atoms with Crippen molar-refractivity contribution in [2.24, 2.45) is 5.92 Å². The maximum Gasteiger partial charge on any atom is 0.317 e. The largest absolute Gasteiger partial charge is 0.375 e. The summed E-state index contributed by atoms with van der Waals surface area (Å²) in [4.78, 5) is 14.6. The van der Waals surface area contributed by atoms with Crippen LogP contribution in [0.25, 0.3) is 0 Å². The smallest absolute Gasteiger partial charge is 0.317 e. The van der Waals surface area contributed by atoms with E-state index in [0.29, 0.717) is 49.1 Å². The van der Waals surface area contributed by atoms with Crippen LogP contribution in [-0.2, 0) is 27.7 Å². The lowest BCUT2D eigenvalue weighted by molar-refractivity contribution is 0.0912. The predicted molar refractivity (Wildman–Crippen MR) is 101 cm³/mol. The molecule has 3 heterocycles. The number of hydrogen-bond donors (Lipinski definition) is 2. The third kappa shape index (κ3) is 3.70. The fourth-order valence-electron chi connectivity index (χ4n) is 4.63. The van der Waals surface area contributed by atoms with E-state index >= 15 is 0 Å². The second-order valence-electron chi connectivity index (χ2n) is 7.66. The number of ether oxygens (including phenoxy) is 1. The molecule has 0 spiro atoms. The van der Waals surface area contributed by atoms with Crippen molar-refractivity contribution < 1.29 is 17.9 Å². The van der Waals surface area contributed by atoms with Crippen LogP contribution in [0.5, 0.6) is 0 Å². The van der Waals surface area contributed by atoms with Gasteiger partial charge in [0.1, 0.15) is 0 Å². The van der Waals surface area contributed by atoms with Gasteiger partial charge in [0.15, 0.2) is 0 Å². The van der Waals surface area contributed by atoms with Gasteiger partial charge in [-0.25, -0.2) is 17.9 Å². The minimum atomic E-state index is -3.49. The van der Waals surface area contributed by atoms with Crippen LogP contribution in [-0.4, -0.2) is 51.7 Å². The topological polar surface area (TPSA) is 87.7 Å². The molecular weight excluding hydrogens is 366 g/mol. The number of urea groups is 1. The van der Waals surface area contributed by atoms with Gasteiger partial charge in [0, 0.05) is 19.6 Å². The highest BCUT2D eigenvalue weighted by molar-refractivity contribution is 7.89. The van der Waals surface area contributed by atoms with E-state index in [4.69, 9.17) is 4.74 Å². The lowest BCUT2D eigenvalue weighted by Crippen LogP contribution is -2.43. The highest BCUT2D eigenvalue weighted by atomic mass is 32.2. The first-order valence-corrected chi connectivity index (χ1v) is 11.2. The van der Waals surface area contributed by atoms with Gasteiger partial charge in [-0.3, -0.25) is 0 Å². The van der Waals surface area contributed by atoms with Gasteiger partial charge in [-0.1, -0.05) is 12.1 Å². The first-order valence-electron chi connectivity index (χ1n) is 9.70. The average molecular weight is 394 g/mol. The van der Waals surface area contributed by atoms with E-state index in [1.165, 1.54) is 13.5 Å². The molecule has 2 saturated heterocycles.